The molecule has 2 rings (SSSR count). The summed E-state index contributed by atoms with van der Waals surface area (Å²) < 4.78 is 41.8. The Morgan fingerprint density at radius 1 is 1.39 bits per heavy atom. The monoisotopic (exact) mass is 451 g/mol. The summed E-state index contributed by atoms with van der Waals surface area (Å²) in [7, 11) is -2.44. The van der Waals surface area contributed by atoms with E-state index in [4.69, 9.17) is 9.84 Å². The van der Waals surface area contributed by atoms with Gasteiger partial charge in [-0.3, -0.25) is 9.69 Å². The maximum atomic E-state index is 14.4. The zero-order valence-corrected chi connectivity index (χ0v) is 19.1. The van der Waals surface area contributed by atoms with Crippen molar-refractivity contribution in [3.8, 4) is 11.8 Å². The van der Waals surface area contributed by atoms with Gasteiger partial charge in [-0.25, -0.2) is 12.8 Å². The van der Waals surface area contributed by atoms with Crippen molar-refractivity contribution in [3.05, 3.63) is 41.2 Å². The molecule has 1 unspecified atom stereocenters. The minimum Gasteiger partial charge on any atom is -0.468 e. The van der Waals surface area contributed by atoms with Crippen molar-refractivity contribution in [3.63, 3.8) is 0 Å². The molecule has 1 heterocycles. The van der Waals surface area contributed by atoms with Crippen LogP contribution >= 0.6 is 0 Å². The van der Waals surface area contributed by atoms with Gasteiger partial charge in [0.25, 0.3) is 0 Å². The molecule has 0 aromatic heterocycles. The lowest BCUT2D eigenvalue weighted by molar-refractivity contribution is -0.143. The highest BCUT2D eigenvalue weighted by molar-refractivity contribution is 7.92. The van der Waals surface area contributed by atoms with Gasteiger partial charge in [0.1, 0.15) is 5.82 Å². The van der Waals surface area contributed by atoms with Crippen LogP contribution in [-0.2, 0) is 19.4 Å². The molecule has 1 aromatic carbocycles. The molecule has 1 N–H and O–H groups in total. The van der Waals surface area contributed by atoms with Crippen LogP contribution in [0, 0.1) is 17.7 Å². The summed E-state index contributed by atoms with van der Waals surface area (Å²) in [5.41, 5.74) is 2.16. The molecule has 170 valence electrons. The van der Waals surface area contributed by atoms with Crippen LogP contribution in [0.4, 0.5) is 4.39 Å². The van der Waals surface area contributed by atoms with E-state index in [1.165, 1.54) is 20.1 Å². The van der Waals surface area contributed by atoms with Gasteiger partial charge in [-0.2, -0.15) is 0 Å². The molecular formula is C23H30FNO5S. The molecule has 1 aromatic rings. The zero-order chi connectivity index (χ0) is 23.1. The normalized spacial score (nSPS) is 16.6. The van der Waals surface area contributed by atoms with Gasteiger partial charge in [0, 0.05) is 38.9 Å². The fourth-order valence-corrected chi connectivity index (χ4v) is 4.19. The van der Waals surface area contributed by atoms with E-state index < -0.39 is 20.6 Å². The predicted octanol–water partition coefficient (Wildman–Crippen LogP) is 2.41. The number of methoxy groups -OCH3 is 1. The minimum atomic E-state index is -3.63. The van der Waals surface area contributed by atoms with E-state index in [1.54, 1.807) is 6.07 Å². The summed E-state index contributed by atoms with van der Waals surface area (Å²) in [5.74, 6) is 4.51. The summed E-state index contributed by atoms with van der Waals surface area (Å²) in [6.07, 6.45) is 4.97. The van der Waals surface area contributed by atoms with Gasteiger partial charge >= 0.3 is 5.97 Å². The van der Waals surface area contributed by atoms with Crippen molar-refractivity contribution in [2.24, 2.45) is 0 Å². The maximum absolute atomic E-state index is 14.4. The topological polar surface area (TPSA) is 83.9 Å². The number of benzene rings is 1. The predicted molar refractivity (Wildman–Crippen MR) is 119 cm³/mol. The largest absolute Gasteiger partial charge is 0.468 e. The Hall–Kier alpha value is -2.21. The average molecular weight is 452 g/mol. The molecule has 8 heteroatoms. The zero-order valence-electron chi connectivity index (χ0n) is 18.3. The molecule has 0 amide bonds. The number of carbonyl (C=O) groups is 1. The van der Waals surface area contributed by atoms with Crippen LogP contribution in [0.5, 0.6) is 0 Å². The number of aliphatic hydroxyl groups is 1. The van der Waals surface area contributed by atoms with Gasteiger partial charge in [-0.1, -0.05) is 24.0 Å². The van der Waals surface area contributed by atoms with Crippen LogP contribution in [-0.4, -0.2) is 68.7 Å². The number of rotatable bonds is 8. The van der Waals surface area contributed by atoms with Crippen LogP contribution < -0.4 is 0 Å². The highest BCUT2D eigenvalue weighted by atomic mass is 32.2. The first kappa shape index (κ1) is 25.1. The van der Waals surface area contributed by atoms with Crippen LogP contribution in [0.1, 0.15) is 43.7 Å². The molecule has 0 saturated heterocycles. The van der Waals surface area contributed by atoms with Crippen molar-refractivity contribution in [1.29, 1.82) is 0 Å². The number of hydrogen-bond donors (Lipinski definition) is 1. The molecule has 0 radical (unpaired) electrons. The van der Waals surface area contributed by atoms with E-state index in [9.17, 15) is 17.6 Å². The third-order valence-corrected chi connectivity index (χ3v) is 7.66. The molecule has 0 aliphatic carbocycles. The number of aliphatic hydroxyl groups excluding tert-OH is 1. The van der Waals surface area contributed by atoms with E-state index in [2.05, 4.69) is 16.7 Å². The number of halogens is 1. The first-order chi connectivity index (χ1) is 14.6. The van der Waals surface area contributed by atoms with Crippen LogP contribution in [0.25, 0.3) is 5.57 Å². The Balaban J connectivity index is 2.02. The molecule has 0 spiro atoms. The SMILES string of the molecule is COC(=O)C(C)(CCN1CC=C(c2ccc(C#CCCCO)c(F)c2)CC1)S(C)(=O)=O. The summed E-state index contributed by atoms with van der Waals surface area (Å²) in [6.45, 7) is 3.16. The molecule has 6 nitrogen and oxygen atoms in total. The number of nitrogens with zero attached hydrogens (tertiary/aromatic N) is 1. The number of hydrogen-bond acceptors (Lipinski definition) is 6. The summed E-state index contributed by atoms with van der Waals surface area (Å²) in [6, 6.07) is 4.99. The molecule has 1 aliphatic rings. The van der Waals surface area contributed by atoms with Gasteiger partial charge in [-0.05, 0) is 49.5 Å². The number of sulfone groups is 1. The van der Waals surface area contributed by atoms with Crippen molar-refractivity contribution < 1.29 is 27.4 Å². The second-order valence-electron chi connectivity index (χ2n) is 7.85. The smallest absolute Gasteiger partial charge is 0.326 e. The Bertz CT molecular complexity index is 993. The molecule has 0 bridgehead atoms. The number of esters is 1. The van der Waals surface area contributed by atoms with Crippen molar-refractivity contribution >= 4 is 21.4 Å². The number of carbonyl (C=O) groups excluding carboxylic acids is 1. The van der Waals surface area contributed by atoms with Gasteiger partial charge in [0.15, 0.2) is 14.6 Å². The standard InChI is InChI=1S/C23H30FNO5S/c1-23(22(27)30-2,31(3,28)29)12-15-25-13-10-18(11-14-25)20-9-8-19(21(24)17-20)7-5-4-6-16-26/h8-10,17,26H,4,6,11-16H2,1-3H3. The lowest BCUT2D eigenvalue weighted by Gasteiger charge is -2.31. The fraction of sp³-hybridized carbons (Fsp3) is 0.522. The third-order valence-electron chi connectivity index (χ3n) is 5.66. The second kappa shape index (κ2) is 10.9. The first-order valence-electron chi connectivity index (χ1n) is 10.2. The highest BCUT2D eigenvalue weighted by Crippen LogP contribution is 2.27. The average Bonchev–Trinajstić information content (AvgIpc) is 2.74. The number of unbranched alkanes of at least 4 members (excludes halogenated alkanes) is 1. The highest BCUT2D eigenvalue weighted by Gasteiger charge is 2.44. The molecule has 0 fully saturated rings. The summed E-state index contributed by atoms with van der Waals surface area (Å²) in [5, 5.41) is 8.76. The molecule has 1 aliphatic heterocycles. The van der Waals surface area contributed by atoms with E-state index in [-0.39, 0.29) is 18.8 Å². The molecule has 0 saturated carbocycles. The van der Waals surface area contributed by atoms with E-state index >= 15 is 0 Å². The third kappa shape index (κ3) is 6.39. The lowest BCUT2D eigenvalue weighted by Crippen LogP contribution is -2.46. The fourth-order valence-electron chi connectivity index (χ4n) is 3.34. The molecule has 1 atom stereocenters. The first-order valence-corrected chi connectivity index (χ1v) is 12.1. The van der Waals surface area contributed by atoms with Gasteiger partial charge in [-0.15, -0.1) is 0 Å². The molecule has 31 heavy (non-hydrogen) atoms. The van der Waals surface area contributed by atoms with Crippen molar-refractivity contribution in [2.45, 2.75) is 37.4 Å². The van der Waals surface area contributed by atoms with Crippen LogP contribution in [0.2, 0.25) is 0 Å². The van der Waals surface area contributed by atoms with Crippen molar-refractivity contribution in [1.82, 2.24) is 4.90 Å². The molecular weight excluding hydrogens is 421 g/mol. The Kier molecular flexibility index (Phi) is 8.80. The van der Waals surface area contributed by atoms with Gasteiger partial charge < -0.3 is 9.84 Å². The van der Waals surface area contributed by atoms with E-state index in [1.807, 2.05) is 12.1 Å². The quantitative estimate of drug-likeness (QED) is 0.371. The Morgan fingerprint density at radius 2 is 2.13 bits per heavy atom. The lowest BCUT2D eigenvalue weighted by atomic mass is 9.97. The second-order valence-corrected chi connectivity index (χ2v) is 10.3. The van der Waals surface area contributed by atoms with E-state index in [0.717, 1.165) is 17.4 Å². The van der Waals surface area contributed by atoms with Gasteiger partial charge in [0.2, 0.25) is 0 Å². The van der Waals surface area contributed by atoms with Crippen molar-refractivity contribution in [2.75, 3.05) is 39.6 Å². The van der Waals surface area contributed by atoms with Gasteiger partial charge in [0.05, 0.1) is 12.7 Å². The van der Waals surface area contributed by atoms with Crippen LogP contribution in [0.3, 0.4) is 0 Å². The van der Waals surface area contributed by atoms with Crippen LogP contribution in [0.15, 0.2) is 24.3 Å². The minimum absolute atomic E-state index is 0.0669. The summed E-state index contributed by atoms with van der Waals surface area (Å²) in [4.78, 5) is 14.1. The number of ether oxygens (including phenoxy) is 1. The Labute approximate surface area is 184 Å². The maximum Gasteiger partial charge on any atom is 0.326 e. The van der Waals surface area contributed by atoms with E-state index in [0.29, 0.717) is 44.5 Å². The Morgan fingerprint density at radius 3 is 2.68 bits per heavy atom. The summed E-state index contributed by atoms with van der Waals surface area (Å²) >= 11 is 0.